The first-order valence-corrected chi connectivity index (χ1v) is 10.1. The Labute approximate surface area is 157 Å². The van der Waals surface area contributed by atoms with Gasteiger partial charge in [0.1, 0.15) is 0 Å². The molecule has 0 spiro atoms. The molecule has 1 aromatic heterocycles. The van der Waals surface area contributed by atoms with Crippen LogP contribution in [0.3, 0.4) is 0 Å². The summed E-state index contributed by atoms with van der Waals surface area (Å²) in [6.07, 6.45) is -1.52. The first kappa shape index (κ1) is 21.0. The van der Waals surface area contributed by atoms with Crippen LogP contribution in [0.25, 0.3) is 0 Å². The highest BCUT2D eigenvalue weighted by atomic mass is 32.1. The quantitative estimate of drug-likeness (QED) is 0.554. The van der Waals surface area contributed by atoms with E-state index in [1.165, 1.54) is 19.4 Å². The number of alkyl halides is 3. The van der Waals surface area contributed by atoms with Crippen molar-refractivity contribution in [3.8, 4) is 0 Å². The average Bonchev–Trinajstić information content (AvgIpc) is 3.09. The van der Waals surface area contributed by atoms with Crippen LogP contribution >= 0.6 is 11.3 Å². The van der Waals surface area contributed by atoms with Crippen molar-refractivity contribution in [2.75, 3.05) is 39.3 Å². The standard InChI is InChI=1S/C17H28F3N5S/c1-3-21-16(23-10-13-6-5-9-25(4-2)11-13)22-8-7-15-24-14(12-26-15)17(18,19)20/h12-13H,3-11H2,1-2H3,(H2,21,22,23). The van der Waals surface area contributed by atoms with E-state index in [2.05, 4.69) is 32.4 Å². The van der Waals surface area contributed by atoms with Gasteiger partial charge in [-0.3, -0.25) is 4.99 Å². The zero-order chi connectivity index (χ0) is 19.0. The molecule has 5 nitrogen and oxygen atoms in total. The molecule has 0 amide bonds. The Bertz CT molecular complexity index is 573. The SMILES string of the molecule is CCNC(=NCC1CCCN(CC)C1)NCCc1nc(C(F)(F)F)cs1. The van der Waals surface area contributed by atoms with Crippen LogP contribution in [-0.2, 0) is 12.6 Å². The number of piperidine rings is 1. The van der Waals surface area contributed by atoms with Crippen LogP contribution in [0, 0.1) is 5.92 Å². The van der Waals surface area contributed by atoms with E-state index in [4.69, 9.17) is 0 Å². The number of rotatable bonds is 7. The molecule has 1 atom stereocenters. The van der Waals surface area contributed by atoms with Gasteiger partial charge in [-0.2, -0.15) is 13.2 Å². The summed E-state index contributed by atoms with van der Waals surface area (Å²) in [5, 5.41) is 7.93. The van der Waals surface area contributed by atoms with E-state index in [0.717, 1.165) is 42.9 Å². The molecule has 0 aromatic carbocycles. The minimum Gasteiger partial charge on any atom is -0.357 e. The van der Waals surface area contributed by atoms with E-state index in [9.17, 15) is 13.2 Å². The molecule has 2 N–H and O–H groups in total. The van der Waals surface area contributed by atoms with Crippen molar-refractivity contribution < 1.29 is 13.2 Å². The monoisotopic (exact) mass is 391 g/mol. The maximum Gasteiger partial charge on any atom is 0.434 e. The van der Waals surface area contributed by atoms with E-state index in [-0.39, 0.29) is 0 Å². The molecule has 1 fully saturated rings. The number of nitrogens with zero attached hydrogens (tertiary/aromatic N) is 3. The Hall–Kier alpha value is -1.35. The fourth-order valence-corrected chi connectivity index (χ4v) is 3.80. The van der Waals surface area contributed by atoms with Gasteiger partial charge in [-0.05, 0) is 38.8 Å². The lowest BCUT2D eigenvalue weighted by Crippen LogP contribution is -2.40. The minimum absolute atomic E-state index is 0.443. The van der Waals surface area contributed by atoms with E-state index in [1.807, 2.05) is 6.92 Å². The molecule has 0 bridgehead atoms. The zero-order valence-corrected chi connectivity index (χ0v) is 16.2. The molecular weight excluding hydrogens is 363 g/mol. The average molecular weight is 392 g/mol. The second kappa shape index (κ2) is 10.1. The van der Waals surface area contributed by atoms with Crippen LogP contribution in [0.15, 0.2) is 10.4 Å². The third kappa shape index (κ3) is 6.75. The number of aliphatic imine (C=N–C) groups is 1. The van der Waals surface area contributed by atoms with Crippen LogP contribution < -0.4 is 10.6 Å². The van der Waals surface area contributed by atoms with Gasteiger partial charge in [0.05, 0.1) is 5.01 Å². The number of likely N-dealkylation sites (tertiary alicyclic amines) is 1. The third-order valence-corrected chi connectivity index (χ3v) is 5.28. The maximum atomic E-state index is 12.6. The lowest BCUT2D eigenvalue weighted by atomic mass is 9.98. The lowest BCUT2D eigenvalue weighted by Gasteiger charge is -2.31. The number of guanidine groups is 1. The number of nitrogens with one attached hydrogen (secondary N) is 2. The first-order valence-electron chi connectivity index (χ1n) is 9.18. The smallest absolute Gasteiger partial charge is 0.357 e. The van der Waals surface area contributed by atoms with Crippen LogP contribution in [0.4, 0.5) is 13.2 Å². The highest BCUT2D eigenvalue weighted by molar-refractivity contribution is 7.09. The van der Waals surface area contributed by atoms with E-state index in [0.29, 0.717) is 29.9 Å². The van der Waals surface area contributed by atoms with E-state index >= 15 is 0 Å². The molecule has 1 aliphatic rings. The predicted molar refractivity (Wildman–Crippen MR) is 99.6 cm³/mol. The number of halogens is 3. The molecule has 0 radical (unpaired) electrons. The summed E-state index contributed by atoms with van der Waals surface area (Å²) in [6.45, 7) is 9.51. The molecule has 9 heteroatoms. The van der Waals surface area contributed by atoms with Gasteiger partial charge in [-0.15, -0.1) is 11.3 Å². The summed E-state index contributed by atoms with van der Waals surface area (Å²) in [6, 6.07) is 0. The van der Waals surface area contributed by atoms with Crippen LogP contribution in [-0.4, -0.2) is 55.1 Å². The number of hydrogen-bond acceptors (Lipinski definition) is 4. The summed E-state index contributed by atoms with van der Waals surface area (Å²) < 4.78 is 37.7. The van der Waals surface area contributed by atoms with Crippen LogP contribution in [0.5, 0.6) is 0 Å². The first-order chi connectivity index (χ1) is 12.4. The summed E-state index contributed by atoms with van der Waals surface area (Å²) in [5.74, 6) is 1.28. The van der Waals surface area contributed by atoms with Gasteiger partial charge in [0.15, 0.2) is 11.7 Å². The molecule has 1 aliphatic heterocycles. The van der Waals surface area contributed by atoms with Crippen molar-refractivity contribution in [1.29, 1.82) is 0 Å². The van der Waals surface area contributed by atoms with Crippen molar-refractivity contribution in [1.82, 2.24) is 20.5 Å². The lowest BCUT2D eigenvalue weighted by molar-refractivity contribution is -0.140. The van der Waals surface area contributed by atoms with Crippen molar-refractivity contribution in [2.45, 2.75) is 39.3 Å². The van der Waals surface area contributed by atoms with Crippen LogP contribution in [0.2, 0.25) is 0 Å². The minimum atomic E-state index is -4.37. The summed E-state index contributed by atoms with van der Waals surface area (Å²) in [7, 11) is 0. The highest BCUT2D eigenvalue weighted by Crippen LogP contribution is 2.30. The maximum absolute atomic E-state index is 12.6. The Balaban J connectivity index is 1.80. The van der Waals surface area contributed by atoms with Crippen molar-refractivity contribution in [2.24, 2.45) is 10.9 Å². The molecule has 26 heavy (non-hydrogen) atoms. The fourth-order valence-electron chi connectivity index (χ4n) is 2.99. The highest BCUT2D eigenvalue weighted by Gasteiger charge is 2.33. The Morgan fingerprint density at radius 1 is 1.38 bits per heavy atom. The van der Waals surface area contributed by atoms with E-state index in [1.54, 1.807) is 0 Å². The Morgan fingerprint density at radius 3 is 2.85 bits per heavy atom. The van der Waals surface area contributed by atoms with Gasteiger partial charge in [0.2, 0.25) is 0 Å². The number of thiazole rings is 1. The molecule has 2 heterocycles. The third-order valence-electron chi connectivity index (χ3n) is 4.38. The molecule has 2 rings (SSSR count). The largest absolute Gasteiger partial charge is 0.434 e. The van der Waals surface area contributed by atoms with E-state index < -0.39 is 11.9 Å². The van der Waals surface area contributed by atoms with Crippen LogP contribution in [0.1, 0.15) is 37.4 Å². The summed E-state index contributed by atoms with van der Waals surface area (Å²) in [5.41, 5.74) is -0.809. The molecule has 148 valence electrons. The van der Waals surface area contributed by atoms with Gasteiger partial charge in [-0.25, -0.2) is 4.98 Å². The Kier molecular flexibility index (Phi) is 8.15. The fraction of sp³-hybridized carbons (Fsp3) is 0.765. The normalized spacial score (nSPS) is 19.6. The molecule has 1 saturated heterocycles. The van der Waals surface area contributed by atoms with Gasteiger partial charge in [0.25, 0.3) is 0 Å². The second-order valence-electron chi connectivity index (χ2n) is 6.42. The molecule has 1 aromatic rings. The van der Waals surface area contributed by atoms with Gasteiger partial charge in [-0.1, -0.05) is 6.92 Å². The van der Waals surface area contributed by atoms with Gasteiger partial charge in [0, 0.05) is 38.0 Å². The summed E-state index contributed by atoms with van der Waals surface area (Å²) in [4.78, 5) is 10.8. The molecule has 0 aliphatic carbocycles. The van der Waals surface area contributed by atoms with Gasteiger partial charge >= 0.3 is 6.18 Å². The second-order valence-corrected chi connectivity index (χ2v) is 7.36. The van der Waals surface area contributed by atoms with Crippen molar-refractivity contribution in [3.63, 3.8) is 0 Å². The molecular formula is C17H28F3N5S. The van der Waals surface area contributed by atoms with Crippen molar-refractivity contribution >= 4 is 17.3 Å². The predicted octanol–water partition coefficient (Wildman–Crippen LogP) is 2.99. The number of aromatic nitrogens is 1. The van der Waals surface area contributed by atoms with Gasteiger partial charge < -0.3 is 15.5 Å². The topological polar surface area (TPSA) is 52.6 Å². The number of hydrogen-bond donors (Lipinski definition) is 2. The zero-order valence-electron chi connectivity index (χ0n) is 15.4. The Morgan fingerprint density at radius 2 is 2.19 bits per heavy atom. The molecule has 1 unspecified atom stereocenters. The molecule has 0 saturated carbocycles. The van der Waals surface area contributed by atoms with Crippen molar-refractivity contribution in [3.05, 3.63) is 16.1 Å². The summed E-state index contributed by atoms with van der Waals surface area (Å²) >= 11 is 1.04.